The molecule has 8 heteroatoms. The molecule has 2 amide bonds. The van der Waals surface area contributed by atoms with E-state index >= 15 is 0 Å². The molecule has 3 heterocycles. The topological polar surface area (TPSA) is 81.0 Å². The van der Waals surface area contributed by atoms with Crippen molar-refractivity contribution >= 4 is 23.4 Å². The summed E-state index contributed by atoms with van der Waals surface area (Å²) in [6.45, 7) is 1.22. The Hall–Kier alpha value is -2.67. The number of furan rings is 1. The molecular weight excluding hydrogens is 360 g/mol. The van der Waals surface area contributed by atoms with E-state index in [1.165, 1.54) is 6.26 Å². The molecule has 2 aliphatic heterocycles. The van der Waals surface area contributed by atoms with Crippen LogP contribution in [0.15, 0.2) is 34.9 Å². The predicted octanol–water partition coefficient (Wildman–Crippen LogP) is 2.70. The van der Waals surface area contributed by atoms with Gasteiger partial charge in [0.15, 0.2) is 17.3 Å². The van der Waals surface area contributed by atoms with Gasteiger partial charge in [0.2, 0.25) is 6.79 Å². The summed E-state index contributed by atoms with van der Waals surface area (Å²) in [5.41, 5.74) is 0.424. The van der Waals surface area contributed by atoms with Crippen LogP contribution in [0.3, 0.4) is 0 Å². The molecule has 2 aliphatic rings. The Morgan fingerprint density at radius 1 is 1.19 bits per heavy atom. The molecule has 0 radical (unpaired) electrons. The molecule has 7 nitrogen and oxygen atoms in total. The van der Waals surface area contributed by atoms with Crippen LogP contribution in [0.5, 0.6) is 11.5 Å². The van der Waals surface area contributed by atoms with E-state index in [1.54, 1.807) is 29.2 Å². The first-order valence-electron chi connectivity index (χ1n) is 8.34. The maximum absolute atomic E-state index is 12.5. The summed E-state index contributed by atoms with van der Waals surface area (Å²) in [6.07, 6.45) is 2.84. The number of ether oxygens (including phenoxy) is 2. The number of nitrogens with one attached hydrogen (secondary N) is 1. The third-order valence-electron chi connectivity index (χ3n) is 4.54. The van der Waals surface area contributed by atoms with Crippen molar-refractivity contribution in [1.82, 2.24) is 10.2 Å². The quantitative estimate of drug-likeness (QED) is 0.890. The first-order valence-corrected chi connectivity index (χ1v) is 8.72. The Kier molecular flexibility index (Phi) is 4.46. The number of fused-ring (bicyclic) bond motifs is 1. The Balaban J connectivity index is 1.35. The largest absolute Gasteiger partial charge is 0.459 e. The molecule has 0 unspecified atom stereocenters. The van der Waals surface area contributed by atoms with Gasteiger partial charge in [-0.25, -0.2) is 0 Å². The number of rotatable bonds is 3. The normalized spacial score (nSPS) is 16.6. The number of piperidine rings is 1. The highest BCUT2D eigenvalue weighted by molar-refractivity contribution is 6.32. The summed E-state index contributed by atoms with van der Waals surface area (Å²) >= 11 is 6.13. The molecule has 136 valence electrons. The highest BCUT2D eigenvalue weighted by atomic mass is 35.5. The smallest absolute Gasteiger partial charge is 0.289 e. The molecule has 1 saturated heterocycles. The number of carbonyl (C=O) groups excluding carboxylic acids is 2. The van der Waals surface area contributed by atoms with Crippen molar-refractivity contribution in [3.05, 3.63) is 46.9 Å². The van der Waals surface area contributed by atoms with Gasteiger partial charge in [-0.2, -0.15) is 0 Å². The summed E-state index contributed by atoms with van der Waals surface area (Å²) in [6, 6.07) is 6.53. The van der Waals surface area contributed by atoms with E-state index in [2.05, 4.69) is 5.32 Å². The minimum absolute atomic E-state index is 0.00708. The zero-order chi connectivity index (χ0) is 18.1. The first-order chi connectivity index (χ1) is 12.6. The third-order valence-corrected chi connectivity index (χ3v) is 4.82. The van der Waals surface area contributed by atoms with Crippen molar-refractivity contribution in [2.24, 2.45) is 0 Å². The van der Waals surface area contributed by atoms with Gasteiger partial charge in [0.1, 0.15) is 0 Å². The van der Waals surface area contributed by atoms with Gasteiger partial charge in [-0.1, -0.05) is 11.6 Å². The fraction of sp³-hybridized carbons (Fsp3) is 0.333. The Morgan fingerprint density at radius 3 is 2.73 bits per heavy atom. The number of hydrogen-bond donors (Lipinski definition) is 1. The SMILES string of the molecule is O=C(NC1CCN(C(=O)c2ccco2)CC1)c1cc(Cl)c2c(c1)OCO2. The number of halogens is 1. The molecule has 0 saturated carbocycles. The summed E-state index contributed by atoms with van der Waals surface area (Å²) in [5.74, 6) is 0.931. The fourth-order valence-electron chi connectivity index (χ4n) is 3.15. The highest BCUT2D eigenvalue weighted by Crippen LogP contribution is 2.39. The van der Waals surface area contributed by atoms with E-state index in [0.29, 0.717) is 53.8 Å². The standard InChI is InChI=1S/C18H17ClN2O5/c19-13-8-11(9-15-16(13)26-10-25-15)17(22)20-12-3-5-21(6-4-12)18(23)14-2-1-7-24-14/h1-2,7-9,12H,3-6,10H2,(H,20,22). The molecule has 1 N–H and O–H groups in total. The second-order valence-corrected chi connectivity index (χ2v) is 6.62. The lowest BCUT2D eigenvalue weighted by Crippen LogP contribution is -2.46. The summed E-state index contributed by atoms with van der Waals surface area (Å²) in [5, 5.41) is 3.34. The molecular formula is C18H17ClN2O5. The van der Waals surface area contributed by atoms with Crippen LogP contribution in [0.1, 0.15) is 33.8 Å². The molecule has 1 fully saturated rings. The third kappa shape index (κ3) is 3.22. The molecule has 26 heavy (non-hydrogen) atoms. The zero-order valence-electron chi connectivity index (χ0n) is 13.9. The van der Waals surface area contributed by atoms with Gasteiger partial charge in [0.05, 0.1) is 11.3 Å². The van der Waals surface area contributed by atoms with Gasteiger partial charge in [0.25, 0.3) is 11.8 Å². The minimum Gasteiger partial charge on any atom is -0.459 e. The van der Waals surface area contributed by atoms with E-state index in [1.807, 2.05) is 0 Å². The average Bonchev–Trinajstić information content (AvgIpc) is 3.33. The molecule has 1 aromatic carbocycles. The van der Waals surface area contributed by atoms with Crippen molar-refractivity contribution in [3.8, 4) is 11.5 Å². The Morgan fingerprint density at radius 2 is 2.00 bits per heavy atom. The number of likely N-dealkylation sites (tertiary alicyclic amines) is 1. The molecule has 0 atom stereocenters. The van der Waals surface area contributed by atoms with E-state index < -0.39 is 0 Å². The van der Waals surface area contributed by atoms with Crippen LogP contribution < -0.4 is 14.8 Å². The van der Waals surface area contributed by atoms with Crippen molar-refractivity contribution in [1.29, 1.82) is 0 Å². The molecule has 0 bridgehead atoms. The maximum Gasteiger partial charge on any atom is 0.289 e. The van der Waals surface area contributed by atoms with Crippen LogP contribution >= 0.6 is 11.6 Å². The maximum atomic E-state index is 12.5. The highest BCUT2D eigenvalue weighted by Gasteiger charge is 2.27. The lowest BCUT2D eigenvalue weighted by molar-refractivity contribution is 0.0667. The van der Waals surface area contributed by atoms with Gasteiger partial charge in [-0.05, 0) is 37.1 Å². The lowest BCUT2D eigenvalue weighted by atomic mass is 10.0. The number of amides is 2. The van der Waals surface area contributed by atoms with E-state index in [9.17, 15) is 9.59 Å². The fourth-order valence-corrected chi connectivity index (χ4v) is 3.42. The minimum atomic E-state index is -0.221. The van der Waals surface area contributed by atoms with Crippen LogP contribution in [-0.4, -0.2) is 42.6 Å². The van der Waals surface area contributed by atoms with Crippen molar-refractivity contribution < 1.29 is 23.5 Å². The molecule has 0 spiro atoms. The van der Waals surface area contributed by atoms with E-state index in [4.69, 9.17) is 25.5 Å². The first kappa shape index (κ1) is 16.8. The van der Waals surface area contributed by atoms with Gasteiger partial charge < -0.3 is 24.1 Å². The summed E-state index contributed by atoms with van der Waals surface area (Å²) < 4.78 is 15.7. The molecule has 0 aliphatic carbocycles. The molecule has 4 rings (SSSR count). The second kappa shape index (κ2) is 6.92. The summed E-state index contributed by atoms with van der Waals surface area (Å²) in [7, 11) is 0. The molecule has 2 aromatic rings. The average molecular weight is 377 g/mol. The number of hydrogen-bond acceptors (Lipinski definition) is 5. The van der Waals surface area contributed by atoms with Gasteiger partial charge >= 0.3 is 0 Å². The van der Waals surface area contributed by atoms with Gasteiger partial charge in [-0.3, -0.25) is 9.59 Å². The van der Waals surface area contributed by atoms with Crippen LogP contribution in [0.2, 0.25) is 5.02 Å². The van der Waals surface area contributed by atoms with Crippen molar-refractivity contribution in [2.45, 2.75) is 18.9 Å². The number of benzene rings is 1. The van der Waals surface area contributed by atoms with Crippen LogP contribution in [-0.2, 0) is 0 Å². The van der Waals surface area contributed by atoms with Crippen LogP contribution in [0.4, 0.5) is 0 Å². The van der Waals surface area contributed by atoms with Gasteiger partial charge in [-0.15, -0.1) is 0 Å². The van der Waals surface area contributed by atoms with Gasteiger partial charge in [0, 0.05) is 24.7 Å². The Bertz CT molecular complexity index is 828. The molecule has 1 aromatic heterocycles. The van der Waals surface area contributed by atoms with E-state index in [-0.39, 0.29) is 24.6 Å². The second-order valence-electron chi connectivity index (χ2n) is 6.21. The number of nitrogens with zero attached hydrogens (tertiary/aromatic N) is 1. The van der Waals surface area contributed by atoms with Crippen molar-refractivity contribution in [2.75, 3.05) is 19.9 Å². The van der Waals surface area contributed by atoms with Crippen molar-refractivity contribution in [3.63, 3.8) is 0 Å². The lowest BCUT2D eigenvalue weighted by Gasteiger charge is -2.31. The van der Waals surface area contributed by atoms with Crippen LogP contribution in [0.25, 0.3) is 0 Å². The Labute approximate surface area is 154 Å². The predicted molar refractivity (Wildman–Crippen MR) is 92.7 cm³/mol. The zero-order valence-corrected chi connectivity index (χ0v) is 14.6. The number of carbonyl (C=O) groups is 2. The van der Waals surface area contributed by atoms with Crippen LogP contribution in [0, 0.1) is 0 Å². The summed E-state index contributed by atoms with van der Waals surface area (Å²) in [4.78, 5) is 26.5. The monoisotopic (exact) mass is 376 g/mol. The van der Waals surface area contributed by atoms with E-state index in [0.717, 1.165) is 0 Å².